The molecule has 0 aliphatic carbocycles. The van der Waals surface area contributed by atoms with E-state index in [1.54, 1.807) is 25.7 Å². The molecule has 1 aliphatic rings. The number of hydrogen-bond donors (Lipinski definition) is 1. The van der Waals surface area contributed by atoms with Crippen molar-refractivity contribution in [3.05, 3.63) is 0 Å². The topological polar surface area (TPSA) is 79.0 Å². The first kappa shape index (κ1) is 17.3. The highest BCUT2D eigenvalue weighted by Gasteiger charge is 2.35. The van der Waals surface area contributed by atoms with E-state index in [9.17, 15) is 14.4 Å². The van der Waals surface area contributed by atoms with E-state index in [0.29, 0.717) is 13.1 Å². The van der Waals surface area contributed by atoms with Gasteiger partial charge in [-0.1, -0.05) is 0 Å². The largest absolute Gasteiger partial charge is 0.444 e. The summed E-state index contributed by atoms with van der Waals surface area (Å²) in [6.07, 6.45) is -0.574. The molecule has 0 aromatic heterocycles. The smallest absolute Gasteiger partial charge is 0.410 e. The van der Waals surface area contributed by atoms with Crippen LogP contribution in [0.2, 0.25) is 0 Å². The molecule has 1 saturated heterocycles. The molecule has 7 nitrogen and oxygen atoms in total. The average molecular weight is 299 g/mol. The van der Waals surface area contributed by atoms with Gasteiger partial charge in [0.05, 0.1) is 6.54 Å². The average Bonchev–Trinajstić information content (AvgIpc) is 2.37. The number of ether oxygens (including phenoxy) is 1. The summed E-state index contributed by atoms with van der Waals surface area (Å²) in [7, 11) is 0. The predicted molar refractivity (Wildman–Crippen MR) is 77.7 cm³/mol. The van der Waals surface area contributed by atoms with Crippen molar-refractivity contribution in [2.45, 2.75) is 46.3 Å². The first-order valence-electron chi connectivity index (χ1n) is 7.24. The third-order valence-electron chi connectivity index (χ3n) is 3.10. The van der Waals surface area contributed by atoms with Crippen molar-refractivity contribution in [3.8, 4) is 0 Å². The number of nitrogens with zero attached hydrogens (tertiary/aromatic N) is 2. The van der Waals surface area contributed by atoms with Crippen LogP contribution in [0.25, 0.3) is 0 Å². The molecule has 0 bridgehead atoms. The standard InChI is InChI=1S/C14H25N3O4/c1-6-16(7-2)12(19)10-8-17(9-11(18)15-10)13(20)21-14(3,4)5/h10H,6-9H2,1-5H3,(H,15,18). The maximum absolute atomic E-state index is 12.3. The van der Waals surface area contributed by atoms with Crippen LogP contribution in [-0.2, 0) is 14.3 Å². The molecule has 3 amide bonds. The third-order valence-corrected chi connectivity index (χ3v) is 3.10. The fraction of sp³-hybridized carbons (Fsp3) is 0.786. The lowest BCUT2D eigenvalue weighted by molar-refractivity contribution is -0.139. The van der Waals surface area contributed by atoms with Gasteiger partial charge in [-0.15, -0.1) is 0 Å². The molecule has 7 heteroatoms. The van der Waals surface area contributed by atoms with Gasteiger partial charge < -0.3 is 15.0 Å². The Hall–Kier alpha value is -1.79. The summed E-state index contributed by atoms with van der Waals surface area (Å²) >= 11 is 0. The molecule has 0 aromatic carbocycles. The van der Waals surface area contributed by atoms with Gasteiger partial charge in [0.2, 0.25) is 11.8 Å². The highest BCUT2D eigenvalue weighted by molar-refractivity contribution is 5.92. The minimum Gasteiger partial charge on any atom is -0.444 e. The predicted octanol–water partition coefficient (Wildman–Crippen LogP) is 0.590. The number of carbonyl (C=O) groups excluding carboxylic acids is 3. The number of hydrogen-bond acceptors (Lipinski definition) is 4. The molecule has 1 fully saturated rings. The second-order valence-corrected chi connectivity index (χ2v) is 5.99. The molecule has 0 radical (unpaired) electrons. The Bertz CT molecular complexity index is 413. The van der Waals surface area contributed by atoms with Crippen LogP contribution in [0.15, 0.2) is 0 Å². The molecule has 1 aliphatic heterocycles. The maximum atomic E-state index is 12.3. The second kappa shape index (κ2) is 6.78. The minimum atomic E-state index is -0.710. The fourth-order valence-electron chi connectivity index (χ4n) is 2.10. The van der Waals surface area contributed by atoms with Crippen molar-refractivity contribution in [3.63, 3.8) is 0 Å². The second-order valence-electron chi connectivity index (χ2n) is 5.99. The Kier molecular flexibility index (Phi) is 5.57. The van der Waals surface area contributed by atoms with E-state index in [0.717, 1.165) is 0 Å². The fourth-order valence-corrected chi connectivity index (χ4v) is 2.10. The molecule has 1 atom stereocenters. The molecule has 0 saturated carbocycles. The van der Waals surface area contributed by atoms with E-state index in [-0.39, 0.29) is 24.9 Å². The molecular weight excluding hydrogens is 274 g/mol. The van der Waals surface area contributed by atoms with Gasteiger partial charge in [-0.2, -0.15) is 0 Å². The Morgan fingerprint density at radius 3 is 2.38 bits per heavy atom. The zero-order chi connectivity index (χ0) is 16.2. The summed E-state index contributed by atoms with van der Waals surface area (Å²) in [4.78, 5) is 39.0. The molecular formula is C14H25N3O4. The summed E-state index contributed by atoms with van der Waals surface area (Å²) < 4.78 is 5.25. The lowest BCUT2D eigenvalue weighted by Gasteiger charge is -2.35. The highest BCUT2D eigenvalue weighted by atomic mass is 16.6. The monoisotopic (exact) mass is 299 g/mol. The summed E-state index contributed by atoms with van der Waals surface area (Å²) in [5, 5.41) is 2.63. The van der Waals surface area contributed by atoms with Crippen molar-refractivity contribution in [2.24, 2.45) is 0 Å². The van der Waals surface area contributed by atoms with E-state index >= 15 is 0 Å². The molecule has 1 heterocycles. The van der Waals surface area contributed by atoms with E-state index in [2.05, 4.69) is 5.32 Å². The van der Waals surface area contributed by atoms with Gasteiger partial charge in [-0.3, -0.25) is 14.5 Å². The van der Waals surface area contributed by atoms with Crippen LogP contribution < -0.4 is 5.32 Å². The van der Waals surface area contributed by atoms with Crippen molar-refractivity contribution >= 4 is 17.9 Å². The van der Waals surface area contributed by atoms with Gasteiger partial charge in [0, 0.05) is 13.1 Å². The number of rotatable bonds is 3. The quantitative estimate of drug-likeness (QED) is 0.827. The molecule has 120 valence electrons. The Balaban J connectivity index is 2.76. The van der Waals surface area contributed by atoms with Crippen LogP contribution in [0, 0.1) is 0 Å². The minimum absolute atomic E-state index is 0.0864. The first-order chi connectivity index (χ1) is 9.67. The number of amides is 3. The first-order valence-corrected chi connectivity index (χ1v) is 7.24. The van der Waals surface area contributed by atoms with Crippen LogP contribution in [0.1, 0.15) is 34.6 Å². The molecule has 1 N–H and O–H groups in total. The van der Waals surface area contributed by atoms with Crippen LogP contribution in [0.3, 0.4) is 0 Å². The zero-order valence-corrected chi connectivity index (χ0v) is 13.4. The van der Waals surface area contributed by atoms with Crippen LogP contribution >= 0.6 is 0 Å². The number of carbonyl (C=O) groups is 3. The van der Waals surface area contributed by atoms with E-state index in [4.69, 9.17) is 4.74 Å². The Morgan fingerprint density at radius 2 is 1.90 bits per heavy atom. The van der Waals surface area contributed by atoms with E-state index in [1.807, 2.05) is 13.8 Å². The maximum Gasteiger partial charge on any atom is 0.410 e. The van der Waals surface area contributed by atoms with E-state index in [1.165, 1.54) is 4.90 Å². The number of nitrogens with one attached hydrogen (secondary N) is 1. The normalized spacial score (nSPS) is 19.0. The van der Waals surface area contributed by atoms with Crippen molar-refractivity contribution in [1.29, 1.82) is 0 Å². The van der Waals surface area contributed by atoms with Crippen LogP contribution in [0.4, 0.5) is 4.79 Å². The number of likely N-dealkylation sites (N-methyl/N-ethyl adjacent to an activating group) is 1. The molecule has 0 spiro atoms. The molecule has 21 heavy (non-hydrogen) atoms. The Morgan fingerprint density at radius 1 is 1.33 bits per heavy atom. The lowest BCUT2D eigenvalue weighted by Crippen LogP contribution is -2.61. The summed E-state index contributed by atoms with van der Waals surface area (Å²) in [6.45, 7) is 10.2. The van der Waals surface area contributed by atoms with E-state index < -0.39 is 17.7 Å². The van der Waals surface area contributed by atoms with Crippen LogP contribution in [-0.4, -0.2) is 65.5 Å². The molecule has 1 rings (SSSR count). The third kappa shape index (κ3) is 4.91. The SMILES string of the molecule is CCN(CC)C(=O)C1CN(C(=O)OC(C)(C)C)CC(=O)N1. The zero-order valence-electron chi connectivity index (χ0n) is 13.4. The molecule has 1 unspecified atom stereocenters. The molecule has 0 aromatic rings. The number of piperazine rings is 1. The van der Waals surface area contributed by atoms with Gasteiger partial charge in [0.25, 0.3) is 0 Å². The van der Waals surface area contributed by atoms with Crippen LogP contribution in [0.5, 0.6) is 0 Å². The van der Waals surface area contributed by atoms with Gasteiger partial charge in [-0.25, -0.2) is 4.79 Å². The summed E-state index contributed by atoms with van der Waals surface area (Å²) in [5.74, 6) is -0.528. The van der Waals surface area contributed by atoms with Gasteiger partial charge in [-0.05, 0) is 34.6 Å². The van der Waals surface area contributed by atoms with Gasteiger partial charge in [0.15, 0.2) is 0 Å². The van der Waals surface area contributed by atoms with Gasteiger partial charge >= 0.3 is 6.09 Å². The Labute approximate surface area is 125 Å². The van der Waals surface area contributed by atoms with Crippen molar-refractivity contribution in [2.75, 3.05) is 26.2 Å². The summed E-state index contributed by atoms with van der Waals surface area (Å²) in [6, 6.07) is -0.710. The highest BCUT2D eigenvalue weighted by Crippen LogP contribution is 2.12. The lowest BCUT2D eigenvalue weighted by atomic mass is 10.1. The van der Waals surface area contributed by atoms with Crippen molar-refractivity contribution < 1.29 is 19.1 Å². The van der Waals surface area contributed by atoms with Gasteiger partial charge in [0.1, 0.15) is 18.2 Å². The summed E-state index contributed by atoms with van der Waals surface area (Å²) in [5.41, 5.74) is -0.636. The van der Waals surface area contributed by atoms with Crippen molar-refractivity contribution in [1.82, 2.24) is 15.1 Å².